The maximum Gasteiger partial charge on any atom is 0.327 e. The van der Waals surface area contributed by atoms with Gasteiger partial charge in [-0.1, -0.05) is 6.08 Å². The molecule has 0 rings (SSSR count). The smallest absolute Gasteiger partial charge is 0.327 e. The largest absolute Gasteiger partial charge is 0.478 e. The quantitative estimate of drug-likeness (QED) is 0.404. The molecule has 0 saturated heterocycles. The Balaban J connectivity index is 0. The molecule has 0 aromatic carbocycles. The van der Waals surface area contributed by atoms with Crippen LogP contribution in [0.3, 0.4) is 0 Å². The van der Waals surface area contributed by atoms with Crippen molar-refractivity contribution >= 4 is 5.97 Å². The fourth-order valence-corrected chi connectivity index (χ4v) is 0.143. The summed E-state index contributed by atoms with van der Waals surface area (Å²) >= 11 is 0. The molecule has 0 fully saturated rings. The highest BCUT2D eigenvalue weighted by Crippen LogP contribution is 1.65. The van der Waals surface area contributed by atoms with Gasteiger partial charge >= 0.3 is 5.97 Å². The summed E-state index contributed by atoms with van der Waals surface area (Å²) in [6.45, 7) is 1.66. The van der Waals surface area contributed by atoms with E-state index in [-0.39, 0.29) is 0 Å². The van der Waals surface area contributed by atoms with Crippen LogP contribution in [0.25, 0.3) is 0 Å². The van der Waals surface area contributed by atoms with Gasteiger partial charge in [-0.05, 0) is 6.92 Å². The van der Waals surface area contributed by atoms with Crippen LogP contribution in [0.2, 0.25) is 0 Å². The second-order valence-electron chi connectivity index (χ2n) is 0.838. The molecule has 0 heterocycles. The van der Waals surface area contributed by atoms with Crippen molar-refractivity contribution in [2.45, 2.75) is 6.92 Å². The number of terminal acetylenes is 1. The van der Waals surface area contributed by atoms with Crippen LogP contribution in [-0.2, 0) is 4.79 Å². The zero-order valence-electron chi connectivity index (χ0n) is 4.66. The Kier molecular flexibility index (Phi) is 11.4. The van der Waals surface area contributed by atoms with Crippen LogP contribution in [0.4, 0.5) is 0 Å². The lowest BCUT2D eigenvalue weighted by Crippen LogP contribution is -1.83. The Hall–Kier alpha value is -1.23. The number of aliphatic carboxylic acids is 1. The van der Waals surface area contributed by atoms with E-state index in [1.54, 1.807) is 6.92 Å². The van der Waals surface area contributed by atoms with Crippen LogP contribution in [-0.4, -0.2) is 11.1 Å². The number of hydrogen-bond donors (Lipinski definition) is 1. The van der Waals surface area contributed by atoms with E-state index in [0.29, 0.717) is 0 Å². The van der Waals surface area contributed by atoms with E-state index in [1.807, 2.05) is 0 Å². The van der Waals surface area contributed by atoms with Gasteiger partial charge in [0.2, 0.25) is 0 Å². The van der Waals surface area contributed by atoms with Crippen molar-refractivity contribution in [1.82, 2.24) is 0 Å². The first-order valence-electron chi connectivity index (χ1n) is 1.96. The van der Waals surface area contributed by atoms with Crippen molar-refractivity contribution in [1.29, 1.82) is 0 Å². The molecule has 2 heteroatoms. The molecular weight excluding hydrogens is 104 g/mol. The second kappa shape index (κ2) is 9.24. The van der Waals surface area contributed by atoms with Crippen molar-refractivity contribution < 1.29 is 9.90 Å². The van der Waals surface area contributed by atoms with E-state index < -0.39 is 5.97 Å². The first-order chi connectivity index (χ1) is 3.77. The maximum atomic E-state index is 9.51. The molecule has 0 aromatic heterocycles. The minimum Gasteiger partial charge on any atom is -0.478 e. The van der Waals surface area contributed by atoms with E-state index >= 15 is 0 Å². The predicted molar refractivity (Wildman–Crippen MR) is 32.3 cm³/mol. The molecule has 0 aliphatic carbocycles. The van der Waals surface area contributed by atoms with Crippen molar-refractivity contribution in [3.8, 4) is 12.8 Å². The lowest BCUT2D eigenvalue weighted by molar-refractivity contribution is -0.131. The summed E-state index contributed by atoms with van der Waals surface area (Å²) in [6.07, 6.45) is 10.6. The normalized spacial score (nSPS) is 7.38. The summed E-state index contributed by atoms with van der Waals surface area (Å²) in [4.78, 5) is 9.51. The van der Waals surface area contributed by atoms with E-state index in [9.17, 15) is 4.79 Å². The molecule has 0 atom stereocenters. The molecule has 0 unspecified atom stereocenters. The van der Waals surface area contributed by atoms with Crippen LogP contribution in [0.1, 0.15) is 6.92 Å². The van der Waals surface area contributed by atoms with E-state index in [4.69, 9.17) is 5.11 Å². The Bertz CT molecular complexity index is 100. The van der Waals surface area contributed by atoms with Crippen LogP contribution < -0.4 is 0 Å². The monoisotopic (exact) mass is 112 g/mol. The van der Waals surface area contributed by atoms with Gasteiger partial charge in [0.15, 0.2) is 0 Å². The number of rotatable bonds is 1. The van der Waals surface area contributed by atoms with Gasteiger partial charge in [0.25, 0.3) is 0 Å². The molecule has 0 radical (unpaired) electrons. The average Bonchev–Trinajstić information content (AvgIpc) is 1.72. The summed E-state index contributed by atoms with van der Waals surface area (Å²) in [5.74, 6) is -0.891. The summed E-state index contributed by atoms with van der Waals surface area (Å²) in [5.41, 5.74) is 0. The molecule has 2 nitrogen and oxygen atoms in total. The third-order valence-electron chi connectivity index (χ3n) is 0.309. The number of hydrogen-bond acceptors (Lipinski definition) is 1. The van der Waals surface area contributed by atoms with Gasteiger partial charge in [0.1, 0.15) is 0 Å². The first-order valence-corrected chi connectivity index (χ1v) is 1.96. The van der Waals surface area contributed by atoms with Crippen LogP contribution in [0.5, 0.6) is 0 Å². The lowest BCUT2D eigenvalue weighted by Gasteiger charge is -1.68. The Morgan fingerprint density at radius 1 is 1.62 bits per heavy atom. The van der Waals surface area contributed by atoms with Gasteiger partial charge in [-0.15, -0.1) is 12.8 Å². The highest BCUT2D eigenvalue weighted by Gasteiger charge is 1.76. The van der Waals surface area contributed by atoms with E-state index in [2.05, 4.69) is 12.8 Å². The third-order valence-corrected chi connectivity index (χ3v) is 0.309. The van der Waals surface area contributed by atoms with Gasteiger partial charge in [-0.3, -0.25) is 0 Å². The molecule has 0 bridgehead atoms. The van der Waals surface area contributed by atoms with Crippen LogP contribution in [0.15, 0.2) is 12.2 Å². The van der Waals surface area contributed by atoms with Crippen molar-refractivity contribution in [3.63, 3.8) is 0 Å². The Morgan fingerprint density at radius 3 is 2.00 bits per heavy atom. The third kappa shape index (κ3) is 21.6. The van der Waals surface area contributed by atoms with Crippen LogP contribution >= 0.6 is 0 Å². The van der Waals surface area contributed by atoms with Crippen LogP contribution in [0, 0.1) is 12.8 Å². The predicted octanol–water partition coefficient (Wildman–Crippen LogP) is 0.897. The van der Waals surface area contributed by atoms with Gasteiger partial charge in [0, 0.05) is 6.08 Å². The number of carbonyl (C=O) groups is 1. The van der Waals surface area contributed by atoms with Gasteiger partial charge in [0.05, 0.1) is 0 Å². The molecule has 0 amide bonds. The standard InChI is InChI=1S/C4H6O2.C2H2/c1-2-3-4(5)6;1-2/h2-3H,1H3,(H,5,6);1-2H/b3-2+;. The SMILES string of the molecule is C#C.C/C=C/C(=O)O. The summed E-state index contributed by atoms with van der Waals surface area (Å²) in [6, 6.07) is 0. The fourth-order valence-electron chi connectivity index (χ4n) is 0.143. The van der Waals surface area contributed by atoms with Gasteiger partial charge in [-0.25, -0.2) is 4.79 Å². The molecule has 0 aromatic rings. The molecule has 1 N–H and O–H groups in total. The lowest BCUT2D eigenvalue weighted by atomic mass is 10.5. The highest BCUT2D eigenvalue weighted by atomic mass is 16.4. The van der Waals surface area contributed by atoms with Gasteiger partial charge in [-0.2, -0.15) is 0 Å². The van der Waals surface area contributed by atoms with Gasteiger partial charge < -0.3 is 5.11 Å². The number of allylic oxidation sites excluding steroid dienone is 1. The highest BCUT2D eigenvalue weighted by molar-refractivity contribution is 5.79. The topological polar surface area (TPSA) is 37.3 Å². The minimum atomic E-state index is -0.891. The zero-order chi connectivity index (χ0) is 6.99. The van der Waals surface area contributed by atoms with Crippen molar-refractivity contribution in [3.05, 3.63) is 12.2 Å². The van der Waals surface area contributed by atoms with E-state index in [1.165, 1.54) is 6.08 Å². The minimum absolute atomic E-state index is 0.891. The average molecular weight is 112 g/mol. The fraction of sp³-hybridized carbons (Fsp3) is 0.167. The molecule has 44 valence electrons. The molecule has 0 aliphatic heterocycles. The van der Waals surface area contributed by atoms with Crippen molar-refractivity contribution in [2.75, 3.05) is 0 Å². The number of carboxylic acid groups (broad SMARTS) is 1. The molecule has 8 heavy (non-hydrogen) atoms. The summed E-state index contributed by atoms with van der Waals surface area (Å²) < 4.78 is 0. The second-order valence-corrected chi connectivity index (χ2v) is 0.838. The maximum absolute atomic E-state index is 9.51. The summed E-state index contributed by atoms with van der Waals surface area (Å²) in [7, 11) is 0. The molecule has 0 aliphatic rings. The summed E-state index contributed by atoms with van der Waals surface area (Å²) in [5, 5.41) is 7.83. The molecule has 0 spiro atoms. The zero-order valence-corrected chi connectivity index (χ0v) is 4.66. The molecular formula is C6H8O2. The number of carboxylic acids is 1. The van der Waals surface area contributed by atoms with E-state index in [0.717, 1.165) is 6.08 Å². The molecule has 0 saturated carbocycles. The Labute approximate surface area is 48.8 Å². The Morgan fingerprint density at radius 2 is 2.00 bits per heavy atom. The van der Waals surface area contributed by atoms with Crippen molar-refractivity contribution in [2.24, 2.45) is 0 Å². The first kappa shape index (κ1) is 9.91.